The highest BCUT2D eigenvalue weighted by Gasteiger charge is 2.15. The summed E-state index contributed by atoms with van der Waals surface area (Å²) in [5.41, 5.74) is 4.25. The number of carbonyl (C=O) groups is 1. The maximum Gasteiger partial charge on any atom is 0.337 e. The van der Waals surface area contributed by atoms with E-state index in [2.05, 4.69) is 0 Å². The molecule has 0 spiro atoms. The van der Waals surface area contributed by atoms with Crippen molar-refractivity contribution in [1.82, 2.24) is 4.57 Å². The van der Waals surface area contributed by atoms with E-state index in [9.17, 15) is 4.79 Å². The lowest BCUT2D eigenvalue weighted by Gasteiger charge is -2.09. The predicted molar refractivity (Wildman–Crippen MR) is 66.9 cm³/mol. The summed E-state index contributed by atoms with van der Waals surface area (Å²) >= 11 is 0. The largest absolute Gasteiger partial charge is 0.478 e. The van der Waals surface area contributed by atoms with Crippen LogP contribution in [0.5, 0.6) is 0 Å². The number of aromatic nitrogens is 1. The first kappa shape index (κ1) is 11.5. The molecule has 1 aromatic carbocycles. The molecule has 0 aliphatic heterocycles. The molecule has 0 aliphatic carbocycles. The van der Waals surface area contributed by atoms with Crippen molar-refractivity contribution in [3.63, 3.8) is 0 Å². The van der Waals surface area contributed by atoms with E-state index < -0.39 is 5.97 Å². The van der Waals surface area contributed by atoms with Gasteiger partial charge in [-0.05, 0) is 39.0 Å². The number of carboxylic acid groups (broad SMARTS) is 1. The minimum atomic E-state index is -0.878. The number of carboxylic acids is 1. The summed E-state index contributed by atoms with van der Waals surface area (Å²) in [6.45, 7) is 5.78. The monoisotopic (exact) mass is 229 g/mol. The van der Waals surface area contributed by atoms with Crippen molar-refractivity contribution in [1.29, 1.82) is 0 Å². The molecule has 0 unspecified atom stereocenters. The zero-order valence-electron chi connectivity index (χ0n) is 10.2. The smallest absolute Gasteiger partial charge is 0.337 e. The lowest BCUT2D eigenvalue weighted by atomic mass is 10.2. The lowest BCUT2D eigenvalue weighted by Crippen LogP contribution is -2.02. The molecule has 1 aromatic heterocycles. The molecule has 0 saturated carbocycles. The molecule has 0 bridgehead atoms. The van der Waals surface area contributed by atoms with Crippen molar-refractivity contribution in [2.75, 3.05) is 0 Å². The number of rotatable bonds is 2. The lowest BCUT2D eigenvalue weighted by molar-refractivity contribution is 0.0696. The molecule has 3 heteroatoms. The van der Waals surface area contributed by atoms with Crippen LogP contribution in [0.4, 0.5) is 0 Å². The Morgan fingerprint density at radius 1 is 1.12 bits per heavy atom. The zero-order chi connectivity index (χ0) is 12.6. The molecule has 88 valence electrons. The minimum Gasteiger partial charge on any atom is -0.478 e. The first-order chi connectivity index (χ1) is 8.00. The Bertz CT molecular complexity index is 565. The van der Waals surface area contributed by atoms with Crippen LogP contribution in [0, 0.1) is 20.8 Å². The van der Waals surface area contributed by atoms with Gasteiger partial charge in [0, 0.05) is 17.1 Å². The fraction of sp³-hybridized carbons (Fsp3) is 0.214. The number of aryl methyl sites for hydroxylation is 2. The fourth-order valence-electron chi connectivity index (χ4n) is 2.07. The molecule has 1 N–H and O–H groups in total. The van der Waals surface area contributed by atoms with E-state index in [0.717, 1.165) is 17.1 Å². The molecular formula is C14H15NO2. The Labute approximate surface area is 100 Å². The van der Waals surface area contributed by atoms with E-state index >= 15 is 0 Å². The van der Waals surface area contributed by atoms with Crippen LogP contribution in [0.25, 0.3) is 5.69 Å². The van der Waals surface area contributed by atoms with E-state index in [-0.39, 0.29) is 0 Å². The summed E-state index contributed by atoms with van der Waals surface area (Å²) in [4.78, 5) is 11.1. The molecule has 2 rings (SSSR count). The molecule has 3 nitrogen and oxygen atoms in total. The summed E-state index contributed by atoms with van der Waals surface area (Å²) in [5, 5.41) is 9.08. The molecule has 0 radical (unpaired) electrons. The van der Waals surface area contributed by atoms with Crippen molar-refractivity contribution in [3.05, 3.63) is 52.8 Å². The van der Waals surface area contributed by atoms with E-state index in [1.165, 1.54) is 5.56 Å². The third-order valence-corrected chi connectivity index (χ3v) is 2.95. The molecule has 1 heterocycles. The predicted octanol–water partition coefficient (Wildman–Crippen LogP) is 3.10. The van der Waals surface area contributed by atoms with E-state index in [1.807, 2.05) is 49.6 Å². The van der Waals surface area contributed by atoms with Crippen molar-refractivity contribution in [2.24, 2.45) is 0 Å². The number of nitrogens with zero attached hydrogens (tertiary/aromatic N) is 1. The number of hydrogen-bond donors (Lipinski definition) is 1. The normalized spacial score (nSPS) is 10.5. The van der Waals surface area contributed by atoms with Crippen molar-refractivity contribution in [2.45, 2.75) is 20.8 Å². The van der Waals surface area contributed by atoms with Gasteiger partial charge in [0.2, 0.25) is 0 Å². The fourth-order valence-corrected chi connectivity index (χ4v) is 2.07. The SMILES string of the molecule is Cc1ccc(-n2c(C)cc(C(=O)O)c2C)cc1. The Kier molecular flexibility index (Phi) is 2.76. The molecule has 0 aliphatic rings. The first-order valence-corrected chi connectivity index (χ1v) is 5.50. The van der Waals surface area contributed by atoms with Crippen LogP contribution in [0.3, 0.4) is 0 Å². The Balaban J connectivity index is 2.59. The Hall–Kier alpha value is -2.03. The van der Waals surface area contributed by atoms with Crippen LogP contribution in [0.15, 0.2) is 30.3 Å². The van der Waals surface area contributed by atoms with Crippen LogP contribution in [-0.4, -0.2) is 15.6 Å². The van der Waals surface area contributed by atoms with Gasteiger partial charge in [-0.2, -0.15) is 0 Å². The average Bonchev–Trinajstić information content (AvgIpc) is 2.56. The van der Waals surface area contributed by atoms with Gasteiger partial charge < -0.3 is 9.67 Å². The molecular weight excluding hydrogens is 214 g/mol. The summed E-state index contributed by atoms with van der Waals surface area (Å²) in [6, 6.07) is 9.75. The van der Waals surface area contributed by atoms with Gasteiger partial charge in [0.05, 0.1) is 5.56 Å². The van der Waals surface area contributed by atoms with Gasteiger partial charge in [0.1, 0.15) is 0 Å². The number of hydrogen-bond acceptors (Lipinski definition) is 1. The minimum absolute atomic E-state index is 0.364. The second kappa shape index (κ2) is 4.09. The standard InChI is InChI=1S/C14H15NO2/c1-9-4-6-12(7-5-9)15-10(2)8-13(11(15)3)14(16)17/h4-8H,1-3H3,(H,16,17). The zero-order valence-corrected chi connectivity index (χ0v) is 10.2. The van der Waals surface area contributed by atoms with E-state index in [0.29, 0.717) is 5.56 Å². The third-order valence-electron chi connectivity index (χ3n) is 2.95. The summed E-state index contributed by atoms with van der Waals surface area (Å²) in [6.07, 6.45) is 0. The number of aromatic carboxylic acids is 1. The van der Waals surface area contributed by atoms with Gasteiger partial charge in [-0.3, -0.25) is 0 Å². The van der Waals surface area contributed by atoms with E-state index in [1.54, 1.807) is 6.07 Å². The first-order valence-electron chi connectivity index (χ1n) is 5.50. The second-order valence-electron chi connectivity index (χ2n) is 4.26. The number of benzene rings is 1. The summed E-state index contributed by atoms with van der Waals surface area (Å²) < 4.78 is 1.96. The third kappa shape index (κ3) is 1.96. The van der Waals surface area contributed by atoms with Crippen LogP contribution >= 0.6 is 0 Å². The van der Waals surface area contributed by atoms with E-state index in [4.69, 9.17) is 5.11 Å². The Morgan fingerprint density at radius 2 is 1.71 bits per heavy atom. The van der Waals surface area contributed by atoms with Gasteiger partial charge in [-0.25, -0.2) is 4.79 Å². The quantitative estimate of drug-likeness (QED) is 0.859. The van der Waals surface area contributed by atoms with Gasteiger partial charge in [0.15, 0.2) is 0 Å². The maximum absolute atomic E-state index is 11.1. The topological polar surface area (TPSA) is 42.2 Å². The van der Waals surface area contributed by atoms with Gasteiger partial charge in [-0.15, -0.1) is 0 Å². The molecule has 0 amide bonds. The molecule has 0 saturated heterocycles. The van der Waals surface area contributed by atoms with Crippen LogP contribution in [0.2, 0.25) is 0 Å². The molecule has 0 atom stereocenters. The van der Waals surface area contributed by atoms with Crippen molar-refractivity contribution < 1.29 is 9.90 Å². The Morgan fingerprint density at radius 3 is 2.18 bits per heavy atom. The molecule has 2 aromatic rings. The highest BCUT2D eigenvalue weighted by atomic mass is 16.4. The van der Waals surface area contributed by atoms with Crippen molar-refractivity contribution >= 4 is 5.97 Å². The summed E-state index contributed by atoms with van der Waals surface area (Å²) in [5.74, 6) is -0.878. The van der Waals surface area contributed by atoms with Crippen LogP contribution < -0.4 is 0 Å². The van der Waals surface area contributed by atoms with Gasteiger partial charge >= 0.3 is 5.97 Å². The van der Waals surface area contributed by atoms with Gasteiger partial charge in [-0.1, -0.05) is 17.7 Å². The summed E-state index contributed by atoms with van der Waals surface area (Å²) in [7, 11) is 0. The highest BCUT2D eigenvalue weighted by Crippen LogP contribution is 2.21. The average molecular weight is 229 g/mol. The van der Waals surface area contributed by atoms with Crippen LogP contribution in [-0.2, 0) is 0 Å². The molecule has 17 heavy (non-hydrogen) atoms. The molecule has 0 fully saturated rings. The van der Waals surface area contributed by atoms with Gasteiger partial charge in [0.25, 0.3) is 0 Å². The second-order valence-corrected chi connectivity index (χ2v) is 4.26. The highest BCUT2D eigenvalue weighted by molar-refractivity contribution is 5.89. The maximum atomic E-state index is 11.1. The van der Waals surface area contributed by atoms with Crippen molar-refractivity contribution in [3.8, 4) is 5.69 Å². The van der Waals surface area contributed by atoms with Crippen LogP contribution in [0.1, 0.15) is 27.3 Å².